The van der Waals surface area contributed by atoms with Gasteiger partial charge in [0.1, 0.15) is 0 Å². The first kappa shape index (κ1) is 9.23. The van der Waals surface area contributed by atoms with Crippen molar-refractivity contribution in [2.45, 2.75) is 25.8 Å². The molecular weight excluding hydrogens is 172 g/mol. The first-order valence-electron chi connectivity index (χ1n) is 4.88. The van der Waals surface area contributed by atoms with E-state index in [1.807, 2.05) is 12.1 Å². The van der Waals surface area contributed by atoms with Gasteiger partial charge in [0.15, 0.2) is 0 Å². The first-order chi connectivity index (χ1) is 6.63. The minimum absolute atomic E-state index is 0.139. The van der Waals surface area contributed by atoms with Gasteiger partial charge in [-0.1, -0.05) is 19.9 Å². The van der Waals surface area contributed by atoms with E-state index >= 15 is 0 Å². The number of nitrogens with one attached hydrogen (secondary N) is 1. The quantitative estimate of drug-likeness (QED) is 0.672. The van der Waals surface area contributed by atoms with E-state index in [-0.39, 0.29) is 5.41 Å². The molecule has 1 heterocycles. The Bertz CT molecular complexity index is 399. The maximum atomic E-state index is 8.84. The third kappa shape index (κ3) is 1.40. The second-order valence-corrected chi connectivity index (χ2v) is 4.47. The molecule has 0 amide bonds. The highest BCUT2D eigenvalue weighted by Crippen LogP contribution is 2.29. The van der Waals surface area contributed by atoms with Crippen molar-refractivity contribution in [3.05, 3.63) is 34.9 Å². The number of benzene rings is 1. The summed E-state index contributed by atoms with van der Waals surface area (Å²) in [4.78, 5) is 0. The molecule has 2 nitrogen and oxygen atoms in total. The summed E-state index contributed by atoms with van der Waals surface area (Å²) in [5.74, 6) is 0. The van der Waals surface area contributed by atoms with Crippen LogP contribution in [0.4, 0.5) is 0 Å². The SMILES string of the molecule is CC1(C)CNCc2ccc(C#N)cc21. The fourth-order valence-electron chi connectivity index (χ4n) is 2.04. The molecule has 0 aromatic heterocycles. The molecule has 0 bridgehead atoms. The van der Waals surface area contributed by atoms with Crippen LogP contribution in [0.2, 0.25) is 0 Å². The first-order valence-corrected chi connectivity index (χ1v) is 4.88. The van der Waals surface area contributed by atoms with Crippen molar-refractivity contribution < 1.29 is 0 Å². The van der Waals surface area contributed by atoms with Crippen molar-refractivity contribution in [2.75, 3.05) is 6.54 Å². The monoisotopic (exact) mass is 186 g/mol. The molecule has 1 N–H and O–H groups in total. The Morgan fingerprint density at radius 3 is 2.93 bits per heavy atom. The van der Waals surface area contributed by atoms with Crippen molar-refractivity contribution in [3.63, 3.8) is 0 Å². The van der Waals surface area contributed by atoms with Gasteiger partial charge in [-0.15, -0.1) is 0 Å². The van der Waals surface area contributed by atoms with Gasteiger partial charge in [0.2, 0.25) is 0 Å². The van der Waals surface area contributed by atoms with Crippen LogP contribution in [-0.4, -0.2) is 6.54 Å². The normalized spacial score (nSPS) is 18.4. The van der Waals surface area contributed by atoms with Crippen molar-refractivity contribution in [1.29, 1.82) is 5.26 Å². The Kier molecular flexibility index (Phi) is 2.05. The average molecular weight is 186 g/mol. The second-order valence-electron chi connectivity index (χ2n) is 4.47. The summed E-state index contributed by atoms with van der Waals surface area (Å²) < 4.78 is 0. The Balaban J connectivity index is 2.56. The van der Waals surface area contributed by atoms with E-state index < -0.39 is 0 Å². The maximum Gasteiger partial charge on any atom is 0.0991 e. The molecule has 72 valence electrons. The van der Waals surface area contributed by atoms with Gasteiger partial charge in [0, 0.05) is 18.5 Å². The highest BCUT2D eigenvalue weighted by Gasteiger charge is 2.26. The third-order valence-electron chi connectivity index (χ3n) is 2.85. The predicted octanol–water partition coefficient (Wildman–Crippen LogP) is 1.94. The Hall–Kier alpha value is -1.33. The lowest BCUT2D eigenvalue weighted by molar-refractivity contribution is 0.435. The summed E-state index contributed by atoms with van der Waals surface area (Å²) in [5, 5.41) is 12.2. The van der Waals surface area contributed by atoms with Gasteiger partial charge < -0.3 is 5.32 Å². The summed E-state index contributed by atoms with van der Waals surface area (Å²) in [6.45, 7) is 6.32. The van der Waals surface area contributed by atoms with Crippen LogP contribution >= 0.6 is 0 Å². The molecule has 0 saturated heterocycles. The zero-order chi connectivity index (χ0) is 10.2. The molecule has 1 aliphatic rings. The van der Waals surface area contributed by atoms with Gasteiger partial charge in [0.25, 0.3) is 0 Å². The van der Waals surface area contributed by atoms with Crippen molar-refractivity contribution in [3.8, 4) is 6.07 Å². The molecule has 1 aliphatic heterocycles. The van der Waals surface area contributed by atoms with Crippen LogP contribution in [0.5, 0.6) is 0 Å². The molecule has 0 unspecified atom stereocenters. The van der Waals surface area contributed by atoms with E-state index in [1.165, 1.54) is 11.1 Å². The highest BCUT2D eigenvalue weighted by atomic mass is 14.9. The van der Waals surface area contributed by atoms with E-state index in [9.17, 15) is 0 Å². The largest absolute Gasteiger partial charge is 0.312 e. The van der Waals surface area contributed by atoms with Crippen LogP contribution in [0.3, 0.4) is 0 Å². The summed E-state index contributed by atoms with van der Waals surface area (Å²) in [7, 11) is 0. The molecule has 0 aliphatic carbocycles. The molecule has 0 atom stereocenters. The standard InChI is InChI=1S/C12H14N2/c1-12(2)8-14-7-10-4-3-9(6-13)5-11(10)12/h3-5,14H,7-8H2,1-2H3. The summed E-state index contributed by atoms with van der Waals surface area (Å²) >= 11 is 0. The molecule has 1 aromatic rings. The molecule has 0 radical (unpaired) electrons. The van der Waals surface area contributed by atoms with Crippen molar-refractivity contribution in [2.24, 2.45) is 0 Å². The summed E-state index contributed by atoms with van der Waals surface area (Å²) in [6.07, 6.45) is 0. The third-order valence-corrected chi connectivity index (χ3v) is 2.85. The van der Waals surface area contributed by atoms with Crippen LogP contribution in [0, 0.1) is 11.3 Å². The molecular formula is C12H14N2. The van der Waals surface area contributed by atoms with Gasteiger partial charge in [0.05, 0.1) is 11.6 Å². The topological polar surface area (TPSA) is 35.8 Å². The lowest BCUT2D eigenvalue weighted by atomic mass is 9.78. The fraction of sp³-hybridized carbons (Fsp3) is 0.417. The number of nitriles is 1. The van der Waals surface area contributed by atoms with Gasteiger partial charge in [-0.2, -0.15) is 5.26 Å². The average Bonchev–Trinajstić information content (AvgIpc) is 2.17. The maximum absolute atomic E-state index is 8.84. The lowest BCUT2D eigenvalue weighted by Gasteiger charge is -2.33. The zero-order valence-electron chi connectivity index (χ0n) is 8.59. The Labute approximate surface area is 84.6 Å². The molecule has 1 aromatic carbocycles. The van der Waals surface area contributed by atoms with E-state index in [0.717, 1.165) is 18.7 Å². The minimum atomic E-state index is 0.139. The Morgan fingerprint density at radius 2 is 2.21 bits per heavy atom. The van der Waals surface area contributed by atoms with E-state index in [2.05, 4.69) is 31.3 Å². The van der Waals surface area contributed by atoms with Gasteiger partial charge >= 0.3 is 0 Å². The summed E-state index contributed by atoms with van der Waals surface area (Å²) in [5.41, 5.74) is 3.54. The van der Waals surface area contributed by atoms with Crippen LogP contribution in [0.25, 0.3) is 0 Å². The van der Waals surface area contributed by atoms with Crippen LogP contribution in [0.15, 0.2) is 18.2 Å². The number of nitrogens with zero attached hydrogens (tertiary/aromatic N) is 1. The molecule has 2 rings (SSSR count). The highest BCUT2D eigenvalue weighted by molar-refractivity contribution is 5.43. The Morgan fingerprint density at radius 1 is 1.43 bits per heavy atom. The molecule has 14 heavy (non-hydrogen) atoms. The number of hydrogen-bond donors (Lipinski definition) is 1. The van der Waals surface area contributed by atoms with Crippen molar-refractivity contribution in [1.82, 2.24) is 5.32 Å². The molecule has 0 fully saturated rings. The number of rotatable bonds is 0. The van der Waals surface area contributed by atoms with Gasteiger partial charge in [-0.05, 0) is 23.3 Å². The van der Waals surface area contributed by atoms with Crippen LogP contribution < -0.4 is 5.32 Å². The predicted molar refractivity (Wildman–Crippen MR) is 55.9 cm³/mol. The minimum Gasteiger partial charge on any atom is -0.312 e. The second kappa shape index (κ2) is 3.11. The van der Waals surface area contributed by atoms with Crippen LogP contribution in [-0.2, 0) is 12.0 Å². The number of fused-ring (bicyclic) bond motifs is 1. The molecule has 2 heteroatoms. The number of hydrogen-bond acceptors (Lipinski definition) is 2. The molecule has 0 spiro atoms. The lowest BCUT2D eigenvalue weighted by Crippen LogP contribution is -2.38. The smallest absolute Gasteiger partial charge is 0.0991 e. The van der Waals surface area contributed by atoms with Crippen molar-refractivity contribution >= 4 is 0 Å². The van der Waals surface area contributed by atoms with Gasteiger partial charge in [-0.3, -0.25) is 0 Å². The van der Waals surface area contributed by atoms with E-state index in [0.29, 0.717) is 0 Å². The van der Waals surface area contributed by atoms with E-state index in [1.54, 1.807) is 0 Å². The van der Waals surface area contributed by atoms with Crippen LogP contribution in [0.1, 0.15) is 30.5 Å². The summed E-state index contributed by atoms with van der Waals surface area (Å²) in [6, 6.07) is 8.17. The zero-order valence-corrected chi connectivity index (χ0v) is 8.59. The van der Waals surface area contributed by atoms with E-state index in [4.69, 9.17) is 5.26 Å². The fourth-order valence-corrected chi connectivity index (χ4v) is 2.04. The van der Waals surface area contributed by atoms with Gasteiger partial charge in [-0.25, -0.2) is 0 Å². The molecule has 0 saturated carbocycles.